The van der Waals surface area contributed by atoms with E-state index in [9.17, 15) is 4.79 Å². The fourth-order valence-corrected chi connectivity index (χ4v) is 2.50. The van der Waals surface area contributed by atoms with Crippen LogP contribution in [0.2, 0.25) is 0 Å². The lowest BCUT2D eigenvalue weighted by atomic mass is 9.99. The predicted molar refractivity (Wildman–Crippen MR) is 77.4 cm³/mol. The molecule has 1 aromatic carbocycles. The zero-order valence-electron chi connectivity index (χ0n) is 11.6. The van der Waals surface area contributed by atoms with Gasteiger partial charge >= 0.3 is 5.97 Å². The van der Waals surface area contributed by atoms with Crippen LogP contribution < -0.4 is 0 Å². The monoisotopic (exact) mass is 267 g/mol. The van der Waals surface area contributed by atoms with Crippen molar-refractivity contribution in [2.75, 3.05) is 0 Å². The number of pyridine rings is 1. The third kappa shape index (κ3) is 2.31. The zero-order chi connectivity index (χ0) is 13.9. The molecule has 1 aliphatic rings. The molecule has 0 radical (unpaired) electrons. The molecule has 2 heterocycles. The van der Waals surface area contributed by atoms with Gasteiger partial charge in [-0.1, -0.05) is 43.7 Å². The van der Waals surface area contributed by atoms with E-state index in [1.54, 1.807) is 0 Å². The van der Waals surface area contributed by atoms with Gasteiger partial charge in [-0.2, -0.15) is 0 Å². The van der Waals surface area contributed by atoms with Crippen molar-refractivity contribution in [2.45, 2.75) is 32.8 Å². The van der Waals surface area contributed by atoms with Crippen molar-refractivity contribution in [2.24, 2.45) is 0 Å². The summed E-state index contributed by atoms with van der Waals surface area (Å²) in [5.74, 6) is -0.245. The lowest BCUT2D eigenvalue weighted by molar-refractivity contribution is 0.0533. The first kappa shape index (κ1) is 12.9. The van der Waals surface area contributed by atoms with Crippen molar-refractivity contribution in [3.8, 4) is 11.3 Å². The third-order valence-corrected chi connectivity index (χ3v) is 3.59. The van der Waals surface area contributed by atoms with Crippen LogP contribution in [0.4, 0.5) is 0 Å². The quantitative estimate of drug-likeness (QED) is 0.792. The normalized spacial score (nSPS) is 13.2. The van der Waals surface area contributed by atoms with Crippen LogP contribution in [0.25, 0.3) is 11.3 Å². The molecule has 0 fully saturated rings. The van der Waals surface area contributed by atoms with Crippen LogP contribution in [0.15, 0.2) is 36.4 Å². The molecule has 0 spiro atoms. The van der Waals surface area contributed by atoms with Gasteiger partial charge in [-0.05, 0) is 24.5 Å². The summed E-state index contributed by atoms with van der Waals surface area (Å²) in [4.78, 5) is 16.4. The highest BCUT2D eigenvalue weighted by Crippen LogP contribution is 2.28. The first-order valence-corrected chi connectivity index (χ1v) is 7.05. The summed E-state index contributed by atoms with van der Waals surface area (Å²) in [7, 11) is 0. The number of carbonyl (C=O) groups excluding carboxylic acids is 1. The fraction of sp³-hybridized carbons (Fsp3) is 0.294. The number of nitrogens with zero attached hydrogens (tertiary/aromatic N) is 1. The molecule has 0 saturated heterocycles. The summed E-state index contributed by atoms with van der Waals surface area (Å²) >= 11 is 0. The third-order valence-electron chi connectivity index (χ3n) is 3.59. The van der Waals surface area contributed by atoms with E-state index in [-0.39, 0.29) is 5.97 Å². The molecule has 0 unspecified atom stereocenters. The average molecular weight is 267 g/mol. The summed E-state index contributed by atoms with van der Waals surface area (Å²) in [6.07, 6.45) is 3.15. The molecule has 0 amide bonds. The van der Waals surface area contributed by atoms with Crippen molar-refractivity contribution in [1.29, 1.82) is 0 Å². The van der Waals surface area contributed by atoms with Crippen molar-refractivity contribution in [3.63, 3.8) is 0 Å². The van der Waals surface area contributed by atoms with E-state index in [1.165, 1.54) is 0 Å². The standard InChI is InChI=1S/C17H17NO2/c1-2-3-7-13-10-14-15(11-20-17(14)19)18-16(13)12-8-5-4-6-9-12/h4-6,8-10H,2-3,7,11H2,1H3. The highest BCUT2D eigenvalue weighted by molar-refractivity contribution is 5.93. The van der Waals surface area contributed by atoms with Crippen LogP contribution in [0.3, 0.4) is 0 Å². The molecule has 0 N–H and O–H groups in total. The van der Waals surface area contributed by atoms with Gasteiger partial charge < -0.3 is 4.74 Å². The van der Waals surface area contributed by atoms with Gasteiger partial charge in [0.25, 0.3) is 0 Å². The van der Waals surface area contributed by atoms with E-state index in [1.807, 2.05) is 24.3 Å². The van der Waals surface area contributed by atoms with E-state index in [2.05, 4.69) is 24.0 Å². The Morgan fingerprint density at radius 2 is 2.05 bits per heavy atom. The molecule has 102 valence electrons. The zero-order valence-corrected chi connectivity index (χ0v) is 11.6. The van der Waals surface area contributed by atoms with Crippen LogP contribution in [0.1, 0.15) is 41.4 Å². The minimum Gasteiger partial charge on any atom is -0.456 e. The van der Waals surface area contributed by atoms with Gasteiger partial charge in [0.05, 0.1) is 17.0 Å². The van der Waals surface area contributed by atoms with E-state index in [0.29, 0.717) is 12.2 Å². The average Bonchev–Trinajstić information content (AvgIpc) is 2.86. The maximum Gasteiger partial charge on any atom is 0.340 e. The maximum absolute atomic E-state index is 11.7. The minimum absolute atomic E-state index is 0.245. The van der Waals surface area contributed by atoms with Crippen LogP contribution in [0.5, 0.6) is 0 Å². The number of esters is 1. The summed E-state index contributed by atoms with van der Waals surface area (Å²) in [6.45, 7) is 2.46. The molecule has 0 atom stereocenters. The molecule has 20 heavy (non-hydrogen) atoms. The lowest BCUT2D eigenvalue weighted by Crippen LogP contribution is -2.01. The van der Waals surface area contributed by atoms with Crippen LogP contribution in [-0.4, -0.2) is 11.0 Å². The molecule has 1 aliphatic heterocycles. The number of carbonyl (C=O) groups is 1. The largest absolute Gasteiger partial charge is 0.456 e. The second-order valence-corrected chi connectivity index (χ2v) is 5.04. The van der Waals surface area contributed by atoms with Crippen LogP contribution in [-0.2, 0) is 17.8 Å². The highest BCUT2D eigenvalue weighted by Gasteiger charge is 2.25. The predicted octanol–water partition coefficient (Wildman–Crippen LogP) is 3.76. The van der Waals surface area contributed by atoms with Crippen molar-refractivity contribution in [3.05, 3.63) is 53.2 Å². The van der Waals surface area contributed by atoms with E-state index in [0.717, 1.165) is 41.8 Å². The Balaban J connectivity index is 2.10. The SMILES string of the molecule is CCCCc1cc2c(nc1-c1ccccc1)COC2=O. The Hall–Kier alpha value is -2.16. The van der Waals surface area contributed by atoms with Crippen LogP contribution >= 0.6 is 0 Å². The molecule has 3 heteroatoms. The van der Waals surface area contributed by atoms with Crippen molar-refractivity contribution in [1.82, 2.24) is 4.98 Å². The maximum atomic E-state index is 11.7. The lowest BCUT2D eigenvalue weighted by Gasteiger charge is -2.10. The fourth-order valence-electron chi connectivity index (χ4n) is 2.50. The molecule has 3 nitrogen and oxygen atoms in total. The van der Waals surface area contributed by atoms with Gasteiger partial charge in [-0.15, -0.1) is 0 Å². The van der Waals surface area contributed by atoms with E-state index >= 15 is 0 Å². The smallest absolute Gasteiger partial charge is 0.340 e. The van der Waals surface area contributed by atoms with Crippen molar-refractivity contribution < 1.29 is 9.53 Å². The van der Waals surface area contributed by atoms with Gasteiger partial charge in [-0.25, -0.2) is 9.78 Å². The van der Waals surface area contributed by atoms with Gasteiger partial charge in [0.1, 0.15) is 6.61 Å². The Labute approximate surface area is 118 Å². The van der Waals surface area contributed by atoms with E-state index < -0.39 is 0 Å². The number of benzene rings is 1. The first-order chi connectivity index (χ1) is 9.79. The summed E-state index contributed by atoms with van der Waals surface area (Å²) in [5, 5.41) is 0. The Bertz CT molecular complexity index is 635. The number of aromatic nitrogens is 1. The minimum atomic E-state index is -0.245. The molecular weight excluding hydrogens is 250 g/mol. The number of hydrogen-bond donors (Lipinski definition) is 0. The number of cyclic esters (lactones) is 1. The molecule has 0 aliphatic carbocycles. The Kier molecular flexibility index (Phi) is 3.50. The highest BCUT2D eigenvalue weighted by atomic mass is 16.5. The van der Waals surface area contributed by atoms with Crippen molar-refractivity contribution >= 4 is 5.97 Å². The number of aryl methyl sites for hydroxylation is 1. The summed E-state index contributed by atoms with van der Waals surface area (Å²) in [6, 6.07) is 12.1. The van der Waals surface area contributed by atoms with Gasteiger partial charge in [0.2, 0.25) is 0 Å². The molecule has 3 rings (SSSR count). The topological polar surface area (TPSA) is 39.2 Å². The van der Waals surface area contributed by atoms with E-state index in [4.69, 9.17) is 4.74 Å². The van der Waals surface area contributed by atoms with Gasteiger partial charge in [-0.3, -0.25) is 0 Å². The molecular formula is C17H17NO2. The number of ether oxygens (including phenoxy) is 1. The molecule has 2 aromatic rings. The van der Waals surface area contributed by atoms with Crippen LogP contribution in [0, 0.1) is 0 Å². The van der Waals surface area contributed by atoms with Gasteiger partial charge in [0.15, 0.2) is 0 Å². The molecule has 0 saturated carbocycles. The number of rotatable bonds is 4. The second-order valence-electron chi connectivity index (χ2n) is 5.04. The Morgan fingerprint density at radius 1 is 1.25 bits per heavy atom. The van der Waals surface area contributed by atoms with Gasteiger partial charge in [0, 0.05) is 5.56 Å². The number of unbranched alkanes of at least 4 members (excludes halogenated alkanes) is 1. The summed E-state index contributed by atoms with van der Waals surface area (Å²) < 4.78 is 5.07. The first-order valence-electron chi connectivity index (χ1n) is 7.05. The number of fused-ring (bicyclic) bond motifs is 1. The summed E-state index contributed by atoms with van der Waals surface area (Å²) in [5.41, 5.74) is 4.61. The Morgan fingerprint density at radius 3 is 2.80 bits per heavy atom. The second kappa shape index (κ2) is 5.45. The number of hydrogen-bond acceptors (Lipinski definition) is 3. The molecule has 0 bridgehead atoms. The molecule has 1 aromatic heterocycles.